The Labute approximate surface area is 184 Å². The van der Waals surface area contributed by atoms with Crippen LogP contribution >= 0.6 is 0 Å². The third-order valence-corrected chi connectivity index (χ3v) is 7.65. The van der Waals surface area contributed by atoms with Gasteiger partial charge in [0.2, 0.25) is 15.9 Å². The Hall–Kier alpha value is -2.41. The van der Waals surface area contributed by atoms with Gasteiger partial charge in [-0.3, -0.25) is 14.2 Å². The molecule has 13 heteroatoms. The molecule has 178 valence electrons. The van der Waals surface area contributed by atoms with Crippen LogP contribution in [0.1, 0.15) is 36.3 Å². The zero-order valence-corrected chi connectivity index (χ0v) is 19.0. The number of hydrogen-bond donors (Lipinski definition) is 1. The Bertz CT molecular complexity index is 1080. The highest BCUT2D eigenvalue weighted by Gasteiger charge is 2.35. The molecule has 1 aliphatic heterocycles. The van der Waals surface area contributed by atoms with Gasteiger partial charge in [0.05, 0.1) is 17.8 Å². The van der Waals surface area contributed by atoms with E-state index in [0.717, 1.165) is 6.07 Å². The molecule has 0 radical (unpaired) electrons. The highest BCUT2D eigenvalue weighted by Crippen LogP contribution is 2.28. The zero-order valence-electron chi connectivity index (χ0n) is 18.2. The fourth-order valence-electron chi connectivity index (χ4n) is 3.71. The molecular weight excluding hydrogens is 449 g/mol. The molecule has 2 aromatic heterocycles. The van der Waals surface area contributed by atoms with Crippen LogP contribution in [0.2, 0.25) is 0 Å². The lowest BCUT2D eigenvalue weighted by Crippen LogP contribution is -2.45. The molecule has 32 heavy (non-hydrogen) atoms. The molecule has 0 saturated carbocycles. The largest absolute Gasteiger partial charge is 0.435 e. The van der Waals surface area contributed by atoms with Crippen LogP contribution < -0.4 is 5.32 Å². The number of piperidine rings is 1. The number of amides is 1. The Morgan fingerprint density at radius 2 is 2.03 bits per heavy atom. The molecule has 0 unspecified atom stereocenters. The highest BCUT2D eigenvalue weighted by atomic mass is 32.2. The standard InChI is InChI=1S/C19H27F3N6O3S/c1-13-10-17(19(20,21)22)25-28(13)9-5-7-23-18(29)15-6-4-8-27(12-15)32(30,31)16-11-24-26(3)14(16)2/h10-11,15H,4-9,12H2,1-3H3,(H,23,29)/t15-/m0/s1. The maximum absolute atomic E-state index is 13.0. The summed E-state index contributed by atoms with van der Waals surface area (Å²) in [5.41, 5.74) is -0.0203. The van der Waals surface area contributed by atoms with Crippen molar-refractivity contribution in [2.24, 2.45) is 13.0 Å². The number of sulfonamides is 1. The number of hydrogen-bond acceptors (Lipinski definition) is 5. The fourth-order valence-corrected chi connectivity index (χ4v) is 5.41. The predicted octanol–water partition coefficient (Wildman–Crippen LogP) is 1.86. The van der Waals surface area contributed by atoms with Gasteiger partial charge >= 0.3 is 6.18 Å². The van der Waals surface area contributed by atoms with Gasteiger partial charge in [0, 0.05) is 38.9 Å². The summed E-state index contributed by atoms with van der Waals surface area (Å²) in [6, 6.07) is 0.986. The molecule has 1 amide bonds. The van der Waals surface area contributed by atoms with Crippen molar-refractivity contribution in [3.63, 3.8) is 0 Å². The number of carbonyl (C=O) groups is 1. The van der Waals surface area contributed by atoms with E-state index in [9.17, 15) is 26.4 Å². The predicted molar refractivity (Wildman–Crippen MR) is 109 cm³/mol. The second-order valence-corrected chi connectivity index (χ2v) is 9.86. The van der Waals surface area contributed by atoms with Gasteiger partial charge in [-0.05, 0) is 39.2 Å². The first-order chi connectivity index (χ1) is 14.9. The van der Waals surface area contributed by atoms with Crippen LogP contribution in [0.15, 0.2) is 17.2 Å². The molecule has 0 aromatic carbocycles. The normalized spacial score (nSPS) is 18.1. The lowest BCUT2D eigenvalue weighted by molar-refractivity contribution is -0.141. The zero-order chi connectivity index (χ0) is 23.7. The van der Waals surface area contributed by atoms with Gasteiger partial charge in [-0.25, -0.2) is 8.42 Å². The van der Waals surface area contributed by atoms with Crippen molar-refractivity contribution >= 4 is 15.9 Å². The maximum atomic E-state index is 13.0. The van der Waals surface area contributed by atoms with Crippen LogP contribution in [0.25, 0.3) is 0 Å². The number of aryl methyl sites for hydroxylation is 3. The van der Waals surface area contributed by atoms with E-state index >= 15 is 0 Å². The Morgan fingerprint density at radius 1 is 1.31 bits per heavy atom. The van der Waals surface area contributed by atoms with Crippen LogP contribution in [-0.4, -0.2) is 57.8 Å². The summed E-state index contributed by atoms with van der Waals surface area (Å²) in [4.78, 5) is 12.7. The van der Waals surface area contributed by atoms with Crippen molar-refractivity contribution in [2.45, 2.75) is 50.7 Å². The van der Waals surface area contributed by atoms with E-state index in [1.807, 2.05) is 0 Å². The van der Waals surface area contributed by atoms with Gasteiger partial charge in [-0.15, -0.1) is 0 Å². The summed E-state index contributed by atoms with van der Waals surface area (Å²) in [6.07, 6.45) is -1.66. The summed E-state index contributed by atoms with van der Waals surface area (Å²) in [5, 5.41) is 10.3. The van der Waals surface area contributed by atoms with Crippen LogP contribution in [0.3, 0.4) is 0 Å². The molecule has 1 atom stereocenters. The molecule has 1 fully saturated rings. The summed E-state index contributed by atoms with van der Waals surface area (Å²) in [7, 11) is -2.09. The van der Waals surface area contributed by atoms with Gasteiger partial charge in [0.15, 0.2) is 5.69 Å². The van der Waals surface area contributed by atoms with Crippen LogP contribution in [0.5, 0.6) is 0 Å². The van der Waals surface area contributed by atoms with E-state index in [0.29, 0.717) is 37.2 Å². The quantitative estimate of drug-likeness (QED) is 0.615. The third kappa shape index (κ3) is 5.14. The molecule has 0 bridgehead atoms. The molecule has 1 aliphatic rings. The molecule has 1 saturated heterocycles. The number of aromatic nitrogens is 4. The molecule has 1 N–H and O–H groups in total. The average Bonchev–Trinajstić information content (AvgIpc) is 3.27. The summed E-state index contributed by atoms with van der Waals surface area (Å²) in [6.45, 7) is 4.11. The van der Waals surface area contributed by atoms with E-state index in [-0.39, 0.29) is 30.4 Å². The second-order valence-electron chi connectivity index (χ2n) is 7.96. The fraction of sp³-hybridized carbons (Fsp3) is 0.632. The third-order valence-electron chi connectivity index (χ3n) is 5.68. The van der Waals surface area contributed by atoms with Crippen molar-refractivity contribution < 1.29 is 26.4 Å². The summed E-state index contributed by atoms with van der Waals surface area (Å²) < 4.78 is 68.2. The monoisotopic (exact) mass is 476 g/mol. The minimum atomic E-state index is -4.49. The molecule has 2 aromatic rings. The van der Waals surface area contributed by atoms with Crippen molar-refractivity contribution in [3.8, 4) is 0 Å². The minimum absolute atomic E-state index is 0.0791. The molecule has 3 heterocycles. The number of carbonyl (C=O) groups excluding carboxylic acids is 1. The van der Waals surface area contributed by atoms with Crippen LogP contribution in [-0.2, 0) is 34.6 Å². The molecular formula is C19H27F3N6O3S. The summed E-state index contributed by atoms with van der Waals surface area (Å²) >= 11 is 0. The van der Waals surface area contributed by atoms with Crippen LogP contribution in [0.4, 0.5) is 13.2 Å². The number of nitrogens with one attached hydrogen (secondary N) is 1. The van der Waals surface area contributed by atoms with Gasteiger partial charge in [-0.1, -0.05) is 0 Å². The van der Waals surface area contributed by atoms with Crippen molar-refractivity contribution in [3.05, 3.63) is 29.3 Å². The average molecular weight is 477 g/mol. The van der Waals surface area contributed by atoms with E-state index in [4.69, 9.17) is 0 Å². The van der Waals surface area contributed by atoms with E-state index in [1.54, 1.807) is 20.9 Å². The van der Waals surface area contributed by atoms with Crippen molar-refractivity contribution in [2.75, 3.05) is 19.6 Å². The van der Waals surface area contributed by atoms with Gasteiger partial charge < -0.3 is 5.32 Å². The summed E-state index contributed by atoms with van der Waals surface area (Å²) in [5.74, 6) is -0.750. The Morgan fingerprint density at radius 3 is 2.62 bits per heavy atom. The Balaban J connectivity index is 1.53. The van der Waals surface area contributed by atoms with Gasteiger partial charge in [0.25, 0.3) is 0 Å². The van der Waals surface area contributed by atoms with Crippen LogP contribution in [0, 0.1) is 19.8 Å². The molecule has 0 spiro atoms. The number of halogens is 3. The Kier molecular flexibility index (Phi) is 6.98. The lowest BCUT2D eigenvalue weighted by atomic mass is 9.99. The van der Waals surface area contributed by atoms with Gasteiger partial charge in [0.1, 0.15) is 4.90 Å². The smallest absolute Gasteiger partial charge is 0.356 e. The van der Waals surface area contributed by atoms with E-state index in [2.05, 4.69) is 15.5 Å². The van der Waals surface area contributed by atoms with Crippen molar-refractivity contribution in [1.29, 1.82) is 0 Å². The van der Waals surface area contributed by atoms with Crippen molar-refractivity contribution in [1.82, 2.24) is 29.2 Å². The SMILES string of the molecule is Cc1c(S(=O)(=O)N2CCC[C@H](C(=O)NCCCn3nc(C(F)(F)F)cc3C)C2)cnn1C. The second kappa shape index (κ2) is 9.22. The topological polar surface area (TPSA) is 102 Å². The number of nitrogens with zero attached hydrogens (tertiary/aromatic N) is 5. The first-order valence-electron chi connectivity index (χ1n) is 10.3. The maximum Gasteiger partial charge on any atom is 0.435 e. The first kappa shape index (κ1) is 24.2. The van der Waals surface area contributed by atoms with Gasteiger partial charge in [-0.2, -0.15) is 27.7 Å². The molecule has 0 aliphatic carbocycles. The first-order valence-corrected chi connectivity index (χ1v) is 11.7. The van der Waals surface area contributed by atoms with E-state index in [1.165, 1.54) is 19.9 Å². The molecule has 9 nitrogen and oxygen atoms in total. The molecule has 3 rings (SSSR count). The number of rotatable bonds is 7. The minimum Gasteiger partial charge on any atom is -0.356 e. The van der Waals surface area contributed by atoms with E-state index < -0.39 is 27.8 Å². The lowest BCUT2D eigenvalue weighted by Gasteiger charge is -2.31. The number of alkyl halides is 3. The highest BCUT2D eigenvalue weighted by molar-refractivity contribution is 7.89.